The Morgan fingerprint density at radius 2 is 2.18 bits per heavy atom. The van der Waals surface area contributed by atoms with Crippen molar-refractivity contribution in [2.45, 2.75) is 20.0 Å². The molecule has 0 spiro atoms. The molecule has 0 aliphatic carbocycles. The van der Waals surface area contributed by atoms with Crippen LogP contribution in [0.15, 0.2) is 40.0 Å². The highest BCUT2D eigenvalue weighted by Gasteiger charge is 2.01. The lowest BCUT2D eigenvalue weighted by molar-refractivity contribution is 0.396. The summed E-state index contributed by atoms with van der Waals surface area (Å²) in [4.78, 5) is 8.92. The Balaban J connectivity index is 0.00000242. The fourth-order valence-electron chi connectivity index (χ4n) is 1.74. The van der Waals surface area contributed by atoms with Gasteiger partial charge >= 0.3 is 0 Å². The molecule has 7 heteroatoms. The lowest BCUT2D eigenvalue weighted by Crippen LogP contribution is -2.37. The summed E-state index contributed by atoms with van der Waals surface area (Å²) in [5.74, 6) is 1.41. The number of halogens is 1. The van der Waals surface area contributed by atoms with E-state index in [4.69, 9.17) is 4.74 Å². The van der Waals surface area contributed by atoms with E-state index in [0.29, 0.717) is 19.0 Å². The topological polar surface area (TPSA) is 58.5 Å². The van der Waals surface area contributed by atoms with Gasteiger partial charge < -0.3 is 15.4 Å². The number of nitrogens with one attached hydrogen (secondary N) is 2. The first-order valence-electron chi connectivity index (χ1n) is 6.85. The summed E-state index contributed by atoms with van der Waals surface area (Å²) < 4.78 is 5.12. The van der Waals surface area contributed by atoms with Gasteiger partial charge in [0.25, 0.3) is 0 Å². The molecule has 0 amide bonds. The van der Waals surface area contributed by atoms with Crippen molar-refractivity contribution in [3.63, 3.8) is 0 Å². The number of guanidine groups is 1. The van der Waals surface area contributed by atoms with Gasteiger partial charge in [0.1, 0.15) is 0 Å². The number of ether oxygens (including phenoxy) is 1. The van der Waals surface area contributed by atoms with E-state index in [1.807, 2.05) is 25.1 Å². The molecule has 0 atom stereocenters. The Bertz CT molecular complexity index is 575. The Kier molecular flexibility index (Phi) is 8.83. The SMILES string of the molecule is CCNC(=NCc1ccsc1)NCc1cccc(OC)n1.I. The molecular formula is C15H21IN4OS. The van der Waals surface area contributed by atoms with Crippen molar-refractivity contribution in [1.82, 2.24) is 15.6 Å². The number of methoxy groups -OCH3 is 1. The second kappa shape index (κ2) is 10.4. The maximum absolute atomic E-state index is 5.12. The number of pyridine rings is 1. The van der Waals surface area contributed by atoms with E-state index >= 15 is 0 Å². The molecular weight excluding hydrogens is 411 g/mol. The molecule has 2 N–H and O–H groups in total. The summed E-state index contributed by atoms with van der Waals surface area (Å²) in [6, 6.07) is 7.80. The van der Waals surface area contributed by atoms with Crippen molar-refractivity contribution in [3.8, 4) is 5.88 Å². The molecule has 0 saturated carbocycles. The van der Waals surface area contributed by atoms with Crippen LogP contribution in [0.1, 0.15) is 18.2 Å². The highest BCUT2D eigenvalue weighted by molar-refractivity contribution is 14.0. The van der Waals surface area contributed by atoms with Crippen LogP contribution >= 0.6 is 35.3 Å². The summed E-state index contributed by atoms with van der Waals surface area (Å²) in [7, 11) is 1.62. The number of thiophene rings is 1. The average molecular weight is 432 g/mol. The molecule has 5 nitrogen and oxygen atoms in total. The summed E-state index contributed by atoms with van der Waals surface area (Å²) in [6.45, 7) is 4.14. The first-order chi connectivity index (χ1) is 10.3. The van der Waals surface area contributed by atoms with E-state index in [-0.39, 0.29) is 24.0 Å². The fourth-order valence-corrected chi connectivity index (χ4v) is 2.40. The molecule has 0 bridgehead atoms. The zero-order chi connectivity index (χ0) is 14.9. The highest BCUT2D eigenvalue weighted by Crippen LogP contribution is 2.07. The van der Waals surface area contributed by atoms with Crippen LogP contribution in [0.3, 0.4) is 0 Å². The van der Waals surface area contributed by atoms with Crippen molar-refractivity contribution in [2.24, 2.45) is 4.99 Å². The minimum Gasteiger partial charge on any atom is -0.481 e. The smallest absolute Gasteiger partial charge is 0.213 e. The minimum absolute atomic E-state index is 0. The van der Waals surface area contributed by atoms with Gasteiger partial charge in [-0.2, -0.15) is 11.3 Å². The second-order valence-corrected chi connectivity index (χ2v) is 5.13. The van der Waals surface area contributed by atoms with Crippen LogP contribution in [0, 0.1) is 0 Å². The van der Waals surface area contributed by atoms with Crippen LogP contribution in [0.25, 0.3) is 0 Å². The van der Waals surface area contributed by atoms with Crippen LogP contribution in [0.5, 0.6) is 5.88 Å². The van der Waals surface area contributed by atoms with Crippen LogP contribution < -0.4 is 15.4 Å². The van der Waals surface area contributed by atoms with Gasteiger partial charge in [-0.3, -0.25) is 0 Å². The number of nitrogens with zero attached hydrogens (tertiary/aromatic N) is 2. The number of hydrogen-bond donors (Lipinski definition) is 2. The first-order valence-corrected chi connectivity index (χ1v) is 7.79. The molecule has 2 heterocycles. The van der Waals surface area contributed by atoms with Crippen LogP contribution in [0.4, 0.5) is 0 Å². The summed E-state index contributed by atoms with van der Waals surface area (Å²) >= 11 is 1.68. The van der Waals surface area contributed by atoms with Crippen LogP contribution in [0.2, 0.25) is 0 Å². The third kappa shape index (κ3) is 6.18. The van der Waals surface area contributed by atoms with Gasteiger partial charge in [-0.25, -0.2) is 9.98 Å². The third-order valence-electron chi connectivity index (χ3n) is 2.77. The maximum atomic E-state index is 5.12. The fraction of sp³-hybridized carbons (Fsp3) is 0.333. The number of rotatable bonds is 6. The second-order valence-electron chi connectivity index (χ2n) is 4.35. The van der Waals surface area contributed by atoms with Gasteiger partial charge in [0.2, 0.25) is 5.88 Å². The van der Waals surface area contributed by atoms with Crippen molar-refractivity contribution in [3.05, 3.63) is 46.3 Å². The summed E-state index contributed by atoms with van der Waals surface area (Å²) in [6.07, 6.45) is 0. The number of hydrogen-bond acceptors (Lipinski definition) is 4. The van der Waals surface area contributed by atoms with Gasteiger partial charge in [0, 0.05) is 12.6 Å². The van der Waals surface area contributed by atoms with E-state index in [1.54, 1.807) is 18.4 Å². The number of aromatic nitrogens is 1. The van der Waals surface area contributed by atoms with Crippen molar-refractivity contribution in [1.29, 1.82) is 0 Å². The summed E-state index contributed by atoms with van der Waals surface area (Å²) in [5.41, 5.74) is 2.13. The van der Waals surface area contributed by atoms with E-state index in [1.165, 1.54) is 5.56 Å². The van der Waals surface area contributed by atoms with E-state index in [0.717, 1.165) is 18.2 Å². The predicted molar refractivity (Wildman–Crippen MR) is 102 cm³/mol. The number of aliphatic imine (C=N–C) groups is 1. The molecule has 2 rings (SSSR count). The quantitative estimate of drug-likeness (QED) is 0.419. The Morgan fingerprint density at radius 1 is 1.32 bits per heavy atom. The molecule has 2 aromatic rings. The molecule has 22 heavy (non-hydrogen) atoms. The standard InChI is InChI=1S/C15H20N4OS.HI/c1-3-16-15(17-9-12-7-8-21-11-12)18-10-13-5-4-6-14(19-13)20-2;/h4-8,11H,3,9-10H2,1-2H3,(H2,16,17,18);1H. The Morgan fingerprint density at radius 3 is 2.86 bits per heavy atom. The molecule has 0 unspecified atom stereocenters. The lowest BCUT2D eigenvalue weighted by atomic mass is 10.3. The van der Waals surface area contributed by atoms with Gasteiger partial charge in [-0.15, -0.1) is 24.0 Å². The van der Waals surface area contributed by atoms with Gasteiger partial charge in [-0.05, 0) is 35.4 Å². The highest BCUT2D eigenvalue weighted by atomic mass is 127. The van der Waals surface area contributed by atoms with Crippen LogP contribution in [-0.4, -0.2) is 24.6 Å². The van der Waals surface area contributed by atoms with Crippen LogP contribution in [-0.2, 0) is 13.1 Å². The molecule has 0 radical (unpaired) electrons. The molecule has 0 fully saturated rings. The van der Waals surface area contributed by atoms with E-state index in [9.17, 15) is 0 Å². The molecule has 120 valence electrons. The maximum Gasteiger partial charge on any atom is 0.213 e. The van der Waals surface area contributed by atoms with Gasteiger partial charge in [0.05, 0.1) is 25.9 Å². The first kappa shape index (κ1) is 18.7. The van der Waals surface area contributed by atoms with Gasteiger partial charge in [-0.1, -0.05) is 6.07 Å². The Labute approximate surface area is 152 Å². The molecule has 0 aromatic carbocycles. The zero-order valence-electron chi connectivity index (χ0n) is 12.7. The van der Waals surface area contributed by atoms with E-state index in [2.05, 4.69) is 37.4 Å². The van der Waals surface area contributed by atoms with Crippen molar-refractivity contribution in [2.75, 3.05) is 13.7 Å². The predicted octanol–water partition coefficient (Wildman–Crippen LogP) is 3.03. The molecule has 2 aromatic heterocycles. The molecule has 0 aliphatic rings. The normalized spacial score (nSPS) is 10.7. The largest absolute Gasteiger partial charge is 0.481 e. The Hall–Kier alpha value is -1.35. The van der Waals surface area contributed by atoms with E-state index < -0.39 is 0 Å². The zero-order valence-corrected chi connectivity index (χ0v) is 15.9. The molecule has 0 saturated heterocycles. The lowest BCUT2D eigenvalue weighted by Gasteiger charge is -2.11. The average Bonchev–Trinajstić information content (AvgIpc) is 3.03. The molecule has 0 aliphatic heterocycles. The van der Waals surface area contributed by atoms with Crippen molar-refractivity contribution >= 4 is 41.3 Å². The monoisotopic (exact) mass is 432 g/mol. The van der Waals surface area contributed by atoms with Crippen molar-refractivity contribution < 1.29 is 4.74 Å². The third-order valence-corrected chi connectivity index (χ3v) is 3.50. The summed E-state index contributed by atoms with van der Waals surface area (Å²) in [5, 5.41) is 10.7. The minimum atomic E-state index is 0. The van der Waals surface area contributed by atoms with Gasteiger partial charge in [0.15, 0.2) is 5.96 Å².